The molecule has 1 fully saturated rings. The maximum Gasteiger partial charge on any atom is 0.270 e. The molecule has 0 saturated carbocycles. The fourth-order valence-corrected chi connectivity index (χ4v) is 4.19. The number of anilines is 2. The van der Waals surface area contributed by atoms with Crippen molar-refractivity contribution in [3.8, 4) is 5.75 Å². The van der Waals surface area contributed by atoms with E-state index in [-0.39, 0.29) is 11.8 Å². The lowest BCUT2D eigenvalue weighted by Crippen LogP contribution is -2.29. The number of amides is 2. The number of ether oxygens (including phenoxy) is 1. The zero-order valence-corrected chi connectivity index (χ0v) is 15.6. The molecule has 4 heterocycles. The van der Waals surface area contributed by atoms with Gasteiger partial charge in [0.1, 0.15) is 12.3 Å². The predicted octanol–water partition coefficient (Wildman–Crippen LogP) is 1.86. The third kappa shape index (κ3) is 2.48. The molecule has 1 aromatic carbocycles. The Kier molecular flexibility index (Phi) is 3.83. The minimum atomic E-state index is -0.910. The first-order valence-electron chi connectivity index (χ1n) is 9.56. The summed E-state index contributed by atoms with van der Waals surface area (Å²) >= 11 is 0. The van der Waals surface area contributed by atoms with E-state index in [1.54, 1.807) is 25.2 Å². The molecule has 2 amide bonds. The summed E-state index contributed by atoms with van der Waals surface area (Å²) in [5.74, 6) is 1.14. The van der Waals surface area contributed by atoms with E-state index in [2.05, 4.69) is 4.98 Å². The van der Waals surface area contributed by atoms with Gasteiger partial charge in [-0.05, 0) is 25.0 Å². The molecular weight excluding hydrogens is 360 g/mol. The van der Waals surface area contributed by atoms with Crippen molar-refractivity contribution in [3.05, 3.63) is 41.1 Å². The largest absolute Gasteiger partial charge is 0.488 e. The van der Waals surface area contributed by atoms with E-state index in [1.807, 2.05) is 15.9 Å². The SMILES string of the molecule is CN1C(=O)c2cc(N3CCOc4cc(C(=O)N5CCCC5)[nH]c43)ccc2C1O. The molecule has 8 heteroatoms. The van der Waals surface area contributed by atoms with E-state index >= 15 is 0 Å². The lowest BCUT2D eigenvalue weighted by atomic mass is 10.1. The maximum atomic E-state index is 12.7. The zero-order valence-electron chi connectivity index (χ0n) is 15.6. The van der Waals surface area contributed by atoms with Gasteiger partial charge in [-0.15, -0.1) is 0 Å². The Hall–Kier alpha value is -3.00. The molecule has 1 unspecified atom stereocenters. The van der Waals surface area contributed by atoms with Crippen LogP contribution in [0, 0.1) is 0 Å². The molecule has 0 aliphatic carbocycles. The van der Waals surface area contributed by atoms with Crippen molar-refractivity contribution >= 4 is 23.3 Å². The van der Waals surface area contributed by atoms with Crippen molar-refractivity contribution in [2.24, 2.45) is 0 Å². The number of likely N-dealkylation sites (tertiary alicyclic amines) is 1. The van der Waals surface area contributed by atoms with Gasteiger partial charge in [0.05, 0.1) is 6.54 Å². The minimum absolute atomic E-state index is 0.00988. The van der Waals surface area contributed by atoms with Crippen LogP contribution in [-0.2, 0) is 0 Å². The van der Waals surface area contributed by atoms with Crippen molar-refractivity contribution in [3.63, 3.8) is 0 Å². The van der Waals surface area contributed by atoms with Crippen molar-refractivity contribution in [2.75, 3.05) is 38.2 Å². The van der Waals surface area contributed by atoms with Gasteiger partial charge in [-0.2, -0.15) is 0 Å². The predicted molar refractivity (Wildman–Crippen MR) is 102 cm³/mol. The first-order valence-corrected chi connectivity index (χ1v) is 9.56. The Morgan fingerprint density at radius 1 is 1.21 bits per heavy atom. The molecule has 1 saturated heterocycles. The summed E-state index contributed by atoms with van der Waals surface area (Å²) in [6, 6.07) is 7.22. The lowest BCUT2D eigenvalue weighted by molar-refractivity contribution is 0.0301. The van der Waals surface area contributed by atoms with Crippen LogP contribution < -0.4 is 9.64 Å². The number of fused-ring (bicyclic) bond motifs is 2. The molecule has 3 aliphatic heterocycles. The van der Waals surface area contributed by atoms with Gasteiger partial charge >= 0.3 is 0 Å². The molecule has 0 spiro atoms. The normalized spacial score (nSPS) is 21.0. The third-order valence-corrected chi connectivity index (χ3v) is 5.77. The number of nitrogens with zero attached hydrogens (tertiary/aromatic N) is 3. The Balaban J connectivity index is 1.49. The van der Waals surface area contributed by atoms with Crippen molar-refractivity contribution in [1.82, 2.24) is 14.8 Å². The van der Waals surface area contributed by atoms with Crippen LogP contribution >= 0.6 is 0 Å². The average Bonchev–Trinajstić information content (AvgIpc) is 3.44. The van der Waals surface area contributed by atoms with Gasteiger partial charge in [0.15, 0.2) is 17.8 Å². The summed E-state index contributed by atoms with van der Waals surface area (Å²) in [7, 11) is 1.58. The first kappa shape index (κ1) is 17.1. The van der Waals surface area contributed by atoms with Crippen LogP contribution in [0.4, 0.5) is 11.5 Å². The summed E-state index contributed by atoms with van der Waals surface area (Å²) in [5, 5.41) is 10.2. The number of rotatable bonds is 2. The molecule has 2 N–H and O–H groups in total. The zero-order chi connectivity index (χ0) is 19.4. The average molecular weight is 382 g/mol. The van der Waals surface area contributed by atoms with E-state index in [9.17, 15) is 14.7 Å². The smallest absolute Gasteiger partial charge is 0.270 e. The molecule has 1 atom stereocenters. The van der Waals surface area contributed by atoms with Crippen molar-refractivity contribution < 1.29 is 19.4 Å². The monoisotopic (exact) mass is 382 g/mol. The molecule has 8 nitrogen and oxygen atoms in total. The fraction of sp³-hybridized carbons (Fsp3) is 0.400. The van der Waals surface area contributed by atoms with Gasteiger partial charge in [-0.3, -0.25) is 9.59 Å². The summed E-state index contributed by atoms with van der Waals surface area (Å²) < 4.78 is 5.76. The van der Waals surface area contributed by atoms with Crippen LogP contribution in [0.5, 0.6) is 5.75 Å². The van der Waals surface area contributed by atoms with E-state index in [0.717, 1.165) is 31.6 Å². The molecule has 2 aromatic rings. The second kappa shape index (κ2) is 6.27. The minimum Gasteiger partial charge on any atom is -0.488 e. The standard InChI is InChI=1S/C20H22N4O4/c1-22-18(25)13-5-4-12(10-14(13)19(22)26)24-8-9-28-16-11-15(21-17(16)24)20(27)23-6-2-3-7-23/h4-5,10-11,18,21,25H,2-3,6-9H2,1H3. The van der Waals surface area contributed by atoms with E-state index in [4.69, 9.17) is 4.74 Å². The molecule has 146 valence electrons. The molecule has 5 rings (SSSR count). The second-order valence-corrected chi connectivity index (χ2v) is 7.46. The number of carbonyl (C=O) groups excluding carboxylic acids is 2. The maximum absolute atomic E-state index is 12.7. The van der Waals surface area contributed by atoms with Gasteiger partial charge in [0.2, 0.25) is 0 Å². The van der Waals surface area contributed by atoms with Gasteiger partial charge in [0, 0.05) is 43.0 Å². The third-order valence-electron chi connectivity index (χ3n) is 5.77. The van der Waals surface area contributed by atoms with Gasteiger partial charge in [0.25, 0.3) is 11.8 Å². The van der Waals surface area contributed by atoms with Gasteiger partial charge < -0.3 is 29.5 Å². The Morgan fingerprint density at radius 2 is 2.00 bits per heavy atom. The van der Waals surface area contributed by atoms with E-state index in [0.29, 0.717) is 41.5 Å². The van der Waals surface area contributed by atoms with Crippen LogP contribution in [0.15, 0.2) is 24.3 Å². The van der Waals surface area contributed by atoms with Crippen LogP contribution in [-0.4, -0.2) is 65.0 Å². The summed E-state index contributed by atoms with van der Waals surface area (Å²) in [6.45, 7) is 2.65. The highest BCUT2D eigenvalue weighted by Crippen LogP contribution is 2.39. The fourth-order valence-electron chi connectivity index (χ4n) is 4.19. The Morgan fingerprint density at radius 3 is 2.79 bits per heavy atom. The van der Waals surface area contributed by atoms with Crippen LogP contribution in [0.1, 0.15) is 45.5 Å². The highest BCUT2D eigenvalue weighted by Gasteiger charge is 2.34. The molecule has 0 bridgehead atoms. The van der Waals surface area contributed by atoms with Crippen molar-refractivity contribution in [1.29, 1.82) is 0 Å². The number of aliphatic hydroxyl groups excluding tert-OH is 1. The van der Waals surface area contributed by atoms with Crippen LogP contribution in [0.2, 0.25) is 0 Å². The van der Waals surface area contributed by atoms with E-state index in [1.165, 1.54) is 4.90 Å². The quantitative estimate of drug-likeness (QED) is 0.828. The Labute approximate surface area is 162 Å². The molecule has 1 aromatic heterocycles. The molecule has 3 aliphatic rings. The lowest BCUT2D eigenvalue weighted by Gasteiger charge is -2.29. The number of benzene rings is 1. The van der Waals surface area contributed by atoms with E-state index < -0.39 is 6.23 Å². The Bertz CT molecular complexity index is 963. The summed E-state index contributed by atoms with van der Waals surface area (Å²) in [4.78, 5) is 33.5. The number of nitrogens with one attached hydrogen (secondary N) is 1. The van der Waals surface area contributed by atoms with Gasteiger partial charge in [-0.1, -0.05) is 6.07 Å². The highest BCUT2D eigenvalue weighted by molar-refractivity contribution is 6.00. The number of carbonyl (C=O) groups is 2. The second-order valence-electron chi connectivity index (χ2n) is 7.46. The van der Waals surface area contributed by atoms with Gasteiger partial charge in [-0.25, -0.2) is 0 Å². The molecule has 0 radical (unpaired) electrons. The number of aromatic amines is 1. The topological polar surface area (TPSA) is 89.1 Å². The summed E-state index contributed by atoms with van der Waals surface area (Å²) in [5.41, 5.74) is 2.45. The number of aliphatic hydroxyl groups is 1. The van der Waals surface area contributed by atoms with Crippen molar-refractivity contribution in [2.45, 2.75) is 19.1 Å². The molecule has 28 heavy (non-hydrogen) atoms. The number of H-pyrrole nitrogens is 1. The van der Waals surface area contributed by atoms with Crippen LogP contribution in [0.25, 0.3) is 0 Å². The number of hydrogen-bond donors (Lipinski definition) is 2. The van der Waals surface area contributed by atoms with Crippen LogP contribution in [0.3, 0.4) is 0 Å². The highest BCUT2D eigenvalue weighted by atomic mass is 16.5. The first-order chi connectivity index (χ1) is 13.5. The number of hydrogen-bond acceptors (Lipinski definition) is 5. The summed E-state index contributed by atoms with van der Waals surface area (Å²) in [6.07, 6.45) is 1.17. The molecular formula is C20H22N4O4. The number of aromatic nitrogens is 1.